The van der Waals surface area contributed by atoms with E-state index in [1.165, 1.54) is 11.1 Å². The highest BCUT2D eigenvalue weighted by atomic mass is 31.2. The number of benzene rings is 2. The topological polar surface area (TPSA) is 49.7 Å². The van der Waals surface area contributed by atoms with Crippen LogP contribution in [0.1, 0.15) is 54.9 Å². The summed E-state index contributed by atoms with van der Waals surface area (Å²) in [7, 11) is -2.47. The zero-order valence-corrected chi connectivity index (χ0v) is 15.6. The molecule has 0 saturated carbocycles. The zero-order valence-electron chi connectivity index (χ0n) is 14.7. The Morgan fingerprint density at radius 3 is 1.67 bits per heavy atom. The van der Waals surface area contributed by atoms with E-state index >= 15 is 0 Å². The number of hydrogen-bond donors (Lipinski definition) is 2. The van der Waals surface area contributed by atoms with Gasteiger partial charge in [-0.25, -0.2) is 0 Å². The molecule has 2 aromatic rings. The molecule has 0 aromatic heterocycles. The van der Waals surface area contributed by atoms with Gasteiger partial charge in [0.1, 0.15) is 5.60 Å². The molecule has 24 heavy (non-hydrogen) atoms. The first-order valence-corrected chi connectivity index (χ1v) is 9.66. The molecule has 4 heteroatoms. The van der Waals surface area contributed by atoms with Gasteiger partial charge in [-0.05, 0) is 37.8 Å². The van der Waals surface area contributed by atoms with Crippen molar-refractivity contribution in [2.75, 3.05) is 0 Å². The van der Waals surface area contributed by atoms with Crippen molar-refractivity contribution in [1.29, 1.82) is 0 Å². The van der Waals surface area contributed by atoms with Gasteiger partial charge in [0.05, 0.1) is 0 Å². The van der Waals surface area contributed by atoms with E-state index in [2.05, 4.69) is 6.92 Å². The maximum absolute atomic E-state index is 9.67. The first kappa shape index (κ1) is 19.1. The Labute approximate surface area is 146 Å². The molecule has 2 rings (SSSR count). The minimum absolute atomic E-state index is 0.715. The van der Waals surface area contributed by atoms with Gasteiger partial charge < -0.3 is 9.79 Å². The Kier molecular flexibility index (Phi) is 6.94. The van der Waals surface area contributed by atoms with Crippen LogP contribution in [-0.4, -0.2) is 9.79 Å². The van der Waals surface area contributed by atoms with Crippen LogP contribution in [0.25, 0.3) is 0 Å². The monoisotopic (exact) mass is 346 g/mol. The smallest absolute Gasteiger partial charge is 0.328 e. The number of hydrogen-bond acceptors (Lipinski definition) is 3. The van der Waals surface area contributed by atoms with Crippen LogP contribution in [0, 0.1) is 13.8 Å². The Morgan fingerprint density at radius 2 is 1.29 bits per heavy atom. The van der Waals surface area contributed by atoms with Gasteiger partial charge in [-0.3, -0.25) is 4.52 Å². The average Bonchev–Trinajstić information content (AvgIpc) is 2.55. The van der Waals surface area contributed by atoms with Gasteiger partial charge in [-0.15, -0.1) is 0 Å². The Bertz CT molecular complexity index is 575. The molecule has 0 aliphatic rings. The van der Waals surface area contributed by atoms with Crippen molar-refractivity contribution in [2.45, 2.75) is 52.1 Å². The Morgan fingerprint density at radius 1 is 0.833 bits per heavy atom. The third-order valence-electron chi connectivity index (χ3n) is 4.41. The minimum Gasteiger partial charge on any atom is -0.328 e. The van der Waals surface area contributed by atoms with Crippen molar-refractivity contribution in [3.05, 3.63) is 70.8 Å². The van der Waals surface area contributed by atoms with Crippen molar-refractivity contribution < 1.29 is 14.3 Å². The molecule has 0 spiro atoms. The molecule has 130 valence electrons. The van der Waals surface area contributed by atoms with Crippen LogP contribution in [-0.2, 0) is 10.1 Å². The van der Waals surface area contributed by atoms with E-state index in [4.69, 9.17) is 4.52 Å². The molecule has 2 N–H and O–H groups in total. The Hall–Kier alpha value is -1.25. The Balaban J connectivity index is 2.53. The molecule has 0 amide bonds. The van der Waals surface area contributed by atoms with E-state index in [-0.39, 0.29) is 0 Å². The lowest BCUT2D eigenvalue weighted by Gasteiger charge is -2.35. The molecule has 0 atom stereocenters. The van der Waals surface area contributed by atoms with Gasteiger partial charge in [0, 0.05) is 0 Å². The van der Waals surface area contributed by atoms with Crippen molar-refractivity contribution >= 4 is 8.60 Å². The molecule has 2 aromatic carbocycles. The summed E-state index contributed by atoms with van der Waals surface area (Å²) in [6.07, 6.45) is 3.86. The third kappa shape index (κ3) is 4.64. The normalized spacial score (nSPS) is 11.9. The zero-order chi connectivity index (χ0) is 17.6. The fourth-order valence-corrected chi connectivity index (χ4v) is 3.60. The molecule has 3 nitrogen and oxygen atoms in total. The van der Waals surface area contributed by atoms with Gasteiger partial charge >= 0.3 is 8.60 Å². The second-order valence-corrected chi connectivity index (χ2v) is 7.05. The van der Waals surface area contributed by atoms with Crippen molar-refractivity contribution in [3.63, 3.8) is 0 Å². The van der Waals surface area contributed by atoms with Crippen molar-refractivity contribution in [3.8, 4) is 0 Å². The molecule has 0 aliphatic heterocycles. The highest BCUT2D eigenvalue weighted by Gasteiger charge is 2.37. The second kappa shape index (κ2) is 8.73. The highest BCUT2D eigenvalue weighted by Crippen LogP contribution is 2.47. The lowest BCUT2D eigenvalue weighted by Crippen LogP contribution is -2.30. The summed E-state index contributed by atoms with van der Waals surface area (Å²) in [6, 6.07) is 16.3. The molecular weight excluding hydrogens is 319 g/mol. The first-order chi connectivity index (χ1) is 11.5. The predicted octanol–water partition coefficient (Wildman–Crippen LogP) is 5.36. The largest absolute Gasteiger partial charge is 0.328 e. The fraction of sp³-hybridized carbons (Fsp3) is 0.400. The van der Waals surface area contributed by atoms with Gasteiger partial charge in [0.25, 0.3) is 0 Å². The van der Waals surface area contributed by atoms with E-state index < -0.39 is 14.2 Å². The molecule has 0 heterocycles. The number of unbranched alkanes of at least 4 members (excludes halogenated alkanes) is 2. The van der Waals surface area contributed by atoms with E-state index in [1.807, 2.05) is 62.4 Å². The van der Waals surface area contributed by atoms with Crippen LogP contribution < -0.4 is 0 Å². The summed E-state index contributed by atoms with van der Waals surface area (Å²) in [5.74, 6) is 0. The summed E-state index contributed by atoms with van der Waals surface area (Å²) in [5, 5.41) is 0. The van der Waals surface area contributed by atoms with Gasteiger partial charge in [0.2, 0.25) is 0 Å². The molecule has 0 aliphatic carbocycles. The summed E-state index contributed by atoms with van der Waals surface area (Å²) in [6.45, 7) is 6.24. The number of aryl methyl sites for hydroxylation is 2. The number of rotatable bonds is 8. The summed E-state index contributed by atoms with van der Waals surface area (Å²) >= 11 is 0. The summed E-state index contributed by atoms with van der Waals surface area (Å²) in [5.41, 5.74) is 3.43. The van der Waals surface area contributed by atoms with Crippen LogP contribution in [0.3, 0.4) is 0 Å². The van der Waals surface area contributed by atoms with E-state index in [9.17, 15) is 9.79 Å². The third-order valence-corrected chi connectivity index (χ3v) is 4.88. The molecule has 0 bridgehead atoms. The molecule has 0 radical (unpaired) electrons. The van der Waals surface area contributed by atoms with Crippen LogP contribution in [0.5, 0.6) is 0 Å². The van der Waals surface area contributed by atoms with E-state index in [0.29, 0.717) is 6.42 Å². The van der Waals surface area contributed by atoms with E-state index in [0.717, 1.165) is 30.4 Å². The summed E-state index contributed by atoms with van der Waals surface area (Å²) < 4.78 is 5.81. The standard InChI is InChI=1S/C20H27O3P/c1-4-5-6-15-20(23-24(21)22,18-11-7-16(2)8-12-18)19-13-9-17(3)10-14-19/h7-14,21-22H,4-6,15H2,1-3H3. The molecule has 0 fully saturated rings. The predicted molar refractivity (Wildman–Crippen MR) is 99.7 cm³/mol. The van der Waals surface area contributed by atoms with Crippen LogP contribution in [0.15, 0.2) is 48.5 Å². The molecule has 0 saturated heterocycles. The quantitative estimate of drug-likeness (QED) is 0.500. The van der Waals surface area contributed by atoms with E-state index in [1.54, 1.807) is 0 Å². The maximum Gasteiger partial charge on any atom is 0.328 e. The lowest BCUT2D eigenvalue weighted by atomic mass is 9.81. The van der Waals surface area contributed by atoms with Gasteiger partial charge in [-0.1, -0.05) is 79.4 Å². The maximum atomic E-state index is 9.67. The van der Waals surface area contributed by atoms with Crippen molar-refractivity contribution in [1.82, 2.24) is 0 Å². The molecule has 0 unspecified atom stereocenters. The second-order valence-electron chi connectivity index (χ2n) is 6.36. The lowest BCUT2D eigenvalue weighted by molar-refractivity contribution is 0.0792. The SMILES string of the molecule is CCCCCC(OP(O)O)(c1ccc(C)cc1)c1ccc(C)cc1. The van der Waals surface area contributed by atoms with Crippen molar-refractivity contribution in [2.24, 2.45) is 0 Å². The average molecular weight is 346 g/mol. The first-order valence-electron chi connectivity index (χ1n) is 8.49. The fourth-order valence-electron chi connectivity index (χ4n) is 3.02. The van der Waals surface area contributed by atoms with Gasteiger partial charge in [-0.2, -0.15) is 0 Å². The van der Waals surface area contributed by atoms with Crippen LogP contribution in [0.4, 0.5) is 0 Å². The minimum atomic E-state index is -2.47. The van der Waals surface area contributed by atoms with Gasteiger partial charge in [0.15, 0.2) is 0 Å². The molecular formula is C20H27O3P. The highest BCUT2D eigenvalue weighted by molar-refractivity contribution is 7.39. The summed E-state index contributed by atoms with van der Waals surface area (Å²) in [4.78, 5) is 19.3. The van der Waals surface area contributed by atoms with Crippen LogP contribution in [0.2, 0.25) is 0 Å². The van der Waals surface area contributed by atoms with Crippen LogP contribution >= 0.6 is 8.60 Å².